The molecule has 0 spiro atoms. The van der Waals surface area contributed by atoms with Gasteiger partial charge in [0, 0.05) is 13.0 Å². The Kier molecular flexibility index (Phi) is 3.41. The van der Waals surface area contributed by atoms with Crippen LogP contribution in [0.3, 0.4) is 0 Å². The van der Waals surface area contributed by atoms with Crippen molar-refractivity contribution in [3.8, 4) is 5.75 Å². The quantitative estimate of drug-likeness (QED) is 0.520. The number of nitrogen functional groups attached to an aromatic ring is 1. The molecule has 1 aromatic rings. The maximum atomic E-state index is 8.50. The summed E-state index contributed by atoms with van der Waals surface area (Å²) in [5.41, 5.74) is 6.25. The van der Waals surface area contributed by atoms with E-state index in [0.29, 0.717) is 24.5 Å². The molecule has 0 saturated heterocycles. The Bertz CT molecular complexity index is 238. The average Bonchev–Trinajstić information content (AvgIpc) is 2.09. The molecular weight excluding hydrogens is 154 g/mol. The predicted molar refractivity (Wildman–Crippen MR) is 48.1 cm³/mol. The minimum absolute atomic E-state index is 0.146. The molecule has 0 aliphatic heterocycles. The maximum Gasteiger partial charge on any atom is 0.142 e. The third kappa shape index (κ3) is 2.43. The summed E-state index contributed by atoms with van der Waals surface area (Å²) in [4.78, 5) is 0. The van der Waals surface area contributed by atoms with Crippen molar-refractivity contribution >= 4 is 5.69 Å². The van der Waals surface area contributed by atoms with E-state index in [-0.39, 0.29) is 6.61 Å². The number of benzene rings is 1. The lowest BCUT2D eigenvalue weighted by molar-refractivity contribution is 0.234. The van der Waals surface area contributed by atoms with Gasteiger partial charge in [-0.1, -0.05) is 12.1 Å². The van der Waals surface area contributed by atoms with Gasteiger partial charge in [-0.2, -0.15) is 0 Å². The van der Waals surface area contributed by atoms with E-state index in [4.69, 9.17) is 15.6 Å². The van der Waals surface area contributed by atoms with Crippen molar-refractivity contribution in [2.75, 3.05) is 18.9 Å². The SMILES string of the molecule is Nc1ccccc1OCCCO. The highest BCUT2D eigenvalue weighted by Crippen LogP contribution is 2.19. The van der Waals surface area contributed by atoms with E-state index in [2.05, 4.69) is 0 Å². The van der Waals surface area contributed by atoms with Crippen LogP contribution >= 0.6 is 0 Å². The standard InChI is InChI=1S/C9H13NO2/c10-8-4-1-2-5-9(8)12-7-3-6-11/h1-2,4-5,11H,3,6-7,10H2. The molecular formula is C9H13NO2. The lowest BCUT2D eigenvalue weighted by atomic mass is 10.3. The molecule has 0 bridgehead atoms. The van der Waals surface area contributed by atoms with E-state index in [1.54, 1.807) is 6.07 Å². The second-order valence-corrected chi connectivity index (χ2v) is 2.46. The third-order valence-corrected chi connectivity index (χ3v) is 1.48. The van der Waals surface area contributed by atoms with Crippen LogP contribution in [0.4, 0.5) is 5.69 Å². The molecule has 0 saturated carbocycles. The topological polar surface area (TPSA) is 55.5 Å². The third-order valence-electron chi connectivity index (χ3n) is 1.48. The van der Waals surface area contributed by atoms with Crippen LogP contribution in [-0.4, -0.2) is 18.3 Å². The minimum Gasteiger partial charge on any atom is -0.491 e. The highest BCUT2D eigenvalue weighted by Gasteiger charge is 1.96. The van der Waals surface area contributed by atoms with E-state index in [1.807, 2.05) is 18.2 Å². The molecule has 66 valence electrons. The van der Waals surface area contributed by atoms with Crippen LogP contribution in [0.25, 0.3) is 0 Å². The summed E-state index contributed by atoms with van der Waals surface area (Å²) < 4.78 is 5.29. The zero-order valence-electron chi connectivity index (χ0n) is 6.86. The normalized spacial score (nSPS) is 9.75. The van der Waals surface area contributed by atoms with Gasteiger partial charge < -0.3 is 15.6 Å². The number of hydrogen-bond acceptors (Lipinski definition) is 3. The highest BCUT2D eigenvalue weighted by atomic mass is 16.5. The van der Waals surface area contributed by atoms with Gasteiger partial charge in [0.1, 0.15) is 5.75 Å². The Balaban J connectivity index is 2.46. The fourth-order valence-electron chi connectivity index (χ4n) is 0.859. The molecule has 0 amide bonds. The molecule has 0 atom stereocenters. The van der Waals surface area contributed by atoms with Crippen LogP contribution in [0.1, 0.15) is 6.42 Å². The first kappa shape index (κ1) is 8.87. The van der Waals surface area contributed by atoms with Crippen molar-refractivity contribution < 1.29 is 9.84 Å². The number of para-hydroxylation sites is 2. The number of aliphatic hydroxyl groups is 1. The van der Waals surface area contributed by atoms with Gasteiger partial charge in [0.05, 0.1) is 12.3 Å². The van der Waals surface area contributed by atoms with Crippen LogP contribution in [0, 0.1) is 0 Å². The van der Waals surface area contributed by atoms with E-state index < -0.39 is 0 Å². The minimum atomic E-state index is 0.146. The molecule has 1 aromatic carbocycles. The number of ether oxygens (including phenoxy) is 1. The Hall–Kier alpha value is -1.22. The number of nitrogens with two attached hydrogens (primary N) is 1. The zero-order valence-corrected chi connectivity index (χ0v) is 6.86. The van der Waals surface area contributed by atoms with E-state index in [1.165, 1.54) is 0 Å². The van der Waals surface area contributed by atoms with Gasteiger partial charge in [-0.3, -0.25) is 0 Å². The first-order chi connectivity index (χ1) is 5.84. The second-order valence-electron chi connectivity index (χ2n) is 2.46. The van der Waals surface area contributed by atoms with Gasteiger partial charge in [0.15, 0.2) is 0 Å². The van der Waals surface area contributed by atoms with Gasteiger partial charge in [-0.15, -0.1) is 0 Å². The first-order valence-corrected chi connectivity index (χ1v) is 3.93. The fourth-order valence-corrected chi connectivity index (χ4v) is 0.859. The number of anilines is 1. The highest BCUT2D eigenvalue weighted by molar-refractivity contribution is 5.51. The monoisotopic (exact) mass is 167 g/mol. The molecule has 3 N–H and O–H groups in total. The van der Waals surface area contributed by atoms with Crippen molar-refractivity contribution in [3.05, 3.63) is 24.3 Å². The summed E-state index contributed by atoms with van der Waals surface area (Å²) in [5, 5.41) is 8.50. The molecule has 1 rings (SSSR count). The van der Waals surface area contributed by atoms with Gasteiger partial charge >= 0.3 is 0 Å². The number of aliphatic hydroxyl groups excluding tert-OH is 1. The van der Waals surface area contributed by atoms with Gasteiger partial charge in [0.25, 0.3) is 0 Å². The Morgan fingerprint density at radius 3 is 2.75 bits per heavy atom. The second kappa shape index (κ2) is 4.62. The van der Waals surface area contributed by atoms with Crippen molar-refractivity contribution in [2.45, 2.75) is 6.42 Å². The molecule has 0 heterocycles. The number of rotatable bonds is 4. The molecule has 0 aliphatic rings. The summed E-state index contributed by atoms with van der Waals surface area (Å²) in [7, 11) is 0. The molecule has 0 radical (unpaired) electrons. The molecule has 12 heavy (non-hydrogen) atoms. The lowest BCUT2D eigenvalue weighted by Gasteiger charge is -2.06. The smallest absolute Gasteiger partial charge is 0.142 e. The lowest BCUT2D eigenvalue weighted by Crippen LogP contribution is -2.01. The van der Waals surface area contributed by atoms with Crippen LogP contribution in [0.2, 0.25) is 0 Å². The molecule has 3 heteroatoms. The summed E-state index contributed by atoms with van der Waals surface area (Å²) in [6.45, 7) is 0.650. The van der Waals surface area contributed by atoms with Gasteiger partial charge in [0.2, 0.25) is 0 Å². The first-order valence-electron chi connectivity index (χ1n) is 3.93. The summed E-state index contributed by atoms with van der Waals surface area (Å²) in [5.74, 6) is 0.686. The largest absolute Gasteiger partial charge is 0.491 e. The molecule has 0 unspecified atom stereocenters. The Labute approximate surface area is 71.8 Å². The van der Waals surface area contributed by atoms with Crippen LogP contribution in [-0.2, 0) is 0 Å². The summed E-state index contributed by atoms with van der Waals surface area (Å²) in [6, 6.07) is 7.32. The Morgan fingerprint density at radius 2 is 2.08 bits per heavy atom. The Morgan fingerprint density at radius 1 is 1.33 bits per heavy atom. The molecule has 0 fully saturated rings. The molecule has 0 aromatic heterocycles. The van der Waals surface area contributed by atoms with Crippen LogP contribution in [0.15, 0.2) is 24.3 Å². The van der Waals surface area contributed by atoms with Gasteiger partial charge in [-0.25, -0.2) is 0 Å². The maximum absolute atomic E-state index is 8.50. The molecule has 0 aliphatic carbocycles. The van der Waals surface area contributed by atoms with Crippen LogP contribution in [0.5, 0.6) is 5.75 Å². The van der Waals surface area contributed by atoms with Crippen molar-refractivity contribution in [1.82, 2.24) is 0 Å². The number of hydrogen-bond donors (Lipinski definition) is 2. The van der Waals surface area contributed by atoms with Crippen molar-refractivity contribution in [1.29, 1.82) is 0 Å². The average molecular weight is 167 g/mol. The van der Waals surface area contributed by atoms with E-state index in [9.17, 15) is 0 Å². The van der Waals surface area contributed by atoms with Crippen LogP contribution < -0.4 is 10.5 Å². The fraction of sp³-hybridized carbons (Fsp3) is 0.333. The zero-order chi connectivity index (χ0) is 8.81. The van der Waals surface area contributed by atoms with Gasteiger partial charge in [-0.05, 0) is 12.1 Å². The molecule has 3 nitrogen and oxygen atoms in total. The summed E-state index contributed by atoms with van der Waals surface area (Å²) >= 11 is 0. The van der Waals surface area contributed by atoms with E-state index >= 15 is 0 Å². The van der Waals surface area contributed by atoms with E-state index in [0.717, 1.165) is 0 Å². The van der Waals surface area contributed by atoms with Crippen molar-refractivity contribution in [2.24, 2.45) is 0 Å². The summed E-state index contributed by atoms with van der Waals surface area (Å²) in [6.07, 6.45) is 0.633. The predicted octanol–water partition coefficient (Wildman–Crippen LogP) is 1.03. The van der Waals surface area contributed by atoms with Crippen molar-refractivity contribution in [3.63, 3.8) is 0 Å².